The highest BCUT2D eigenvalue weighted by Crippen LogP contribution is 2.18. The van der Waals surface area contributed by atoms with Crippen molar-refractivity contribution in [3.63, 3.8) is 0 Å². The van der Waals surface area contributed by atoms with Crippen LogP contribution in [0.3, 0.4) is 0 Å². The van der Waals surface area contributed by atoms with Crippen LogP contribution in [0.2, 0.25) is 0 Å². The molecule has 26 heavy (non-hydrogen) atoms. The van der Waals surface area contributed by atoms with Crippen LogP contribution in [-0.4, -0.2) is 20.7 Å². The maximum absolute atomic E-state index is 12.6. The predicted octanol–water partition coefficient (Wildman–Crippen LogP) is 3.91. The highest BCUT2D eigenvalue weighted by Gasteiger charge is 2.12. The molecule has 0 aliphatic heterocycles. The van der Waals surface area contributed by atoms with E-state index in [9.17, 15) is 4.79 Å². The molecule has 5 nitrogen and oxygen atoms in total. The van der Waals surface area contributed by atoms with Crippen LogP contribution < -0.4 is 5.32 Å². The molecule has 4 rings (SSSR count). The lowest BCUT2D eigenvalue weighted by atomic mass is 10.0. The number of hydrogen-bond donors (Lipinski definition) is 1. The van der Waals surface area contributed by atoms with Crippen LogP contribution in [0.1, 0.15) is 28.9 Å². The summed E-state index contributed by atoms with van der Waals surface area (Å²) in [6.45, 7) is 1.98. The van der Waals surface area contributed by atoms with Crippen LogP contribution >= 0.6 is 0 Å². The zero-order valence-electron chi connectivity index (χ0n) is 14.3. The monoisotopic (exact) mass is 342 g/mol. The molecule has 1 heterocycles. The normalized spacial score (nSPS) is 12.0. The van der Waals surface area contributed by atoms with E-state index < -0.39 is 0 Å². The predicted molar refractivity (Wildman–Crippen MR) is 101 cm³/mol. The van der Waals surface area contributed by atoms with Crippen molar-refractivity contribution in [3.05, 3.63) is 90.5 Å². The van der Waals surface area contributed by atoms with Gasteiger partial charge < -0.3 is 5.32 Å². The summed E-state index contributed by atoms with van der Waals surface area (Å²) in [6.07, 6.45) is 3.15. The molecule has 128 valence electrons. The van der Waals surface area contributed by atoms with Crippen LogP contribution in [0.25, 0.3) is 16.5 Å². The summed E-state index contributed by atoms with van der Waals surface area (Å²) in [7, 11) is 0. The highest BCUT2D eigenvalue weighted by atomic mass is 16.1. The number of rotatable bonds is 4. The fourth-order valence-corrected chi connectivity index (χ4v) is 2.95. The molecule has 1 N–H and O–H groups in total. The van der Waals surface area contributed by atoms with Gasteiger partial charge in [-0.15, -0.1) is 0 Å². The maximum atomic E-state index is 12.6. The molecule has 0 fully saturated rings. The fraction of sp³-hybridized carbons (Fsp3) is 0.0952. The summed E-state index contributed by atoms with van der Waals surface area (Å²) in [4.78, 5) is 16.5. The van der Waals surface area contributed by atoms with Gasteiger partial charge in [0.25, 0.3) is 5.91 Å². The maximum Gasteiger partial charge on any atom is 0.251 e. The topological polar surface area (TPSA) is 59.8 Å². The van der Waals surface area contributed by atoms with Gasteiger partial charge in [0.15, 0.2) is 0 Å². The second-order valence-corrected chi connectivity index (χ2v) is 6.19. The van der Waals surface area contributed by atoms with Crippen molar-refractivity contribution in [2.75, 3.05) is 0 Å². The summed E-state index contributed by atoms with van der Waals surface area (Å²) in [5.74, 6) is -0.0800. The van der Waals surface area contributed by atoms with Crippen molar-refractivity contribution in [1.29, 1.82) is 0 Å². The van der Waals surface area contributed by atoms with Crippen LogP contribution in [0, 0.1) is 0 Å². The molecule has 0 spiro atoms. The Hall–Kier alpha value is -3.47. The lowest BCUT2D eigenvalue weighted by molar-refractivity contribution is 0.0940. The largest absolute Gasteiger partial charge is 0.346 e. The van der Waals surface area contributed by atoms with Gasteiger partial charge in [0, 0.05) is 5.56 Å². The molecule has 0 aliphatic carbocycles. The Balaban J connectivity index is 1.49. The van der Waals surface area contributed by atoms with Gasteiger partial charge in [0.05, 0.1) is 11.7 Å². The molecular formula is C21H18N4O. The Kier molecular flexibility index (Phi) is 4.19. The Morgan fingerprint density at radius 1 is 1.00 bits per heavy atom. The Labute approximate surface area is 151 Å². The second-order valence-electron chi connectivity index (χ2n) is 6.19. The Morgan fingerprint density at radius 3 is 2.50 bits per heavy atom. The lowest BCUT2D eigenvalue weighted by Gasteiger charge is -2.15. The fourth-order valence-electron chi connectivity index (χ4n) is 2.95. The second kappa shape index (κ2) is 6.80. The molecule has 0 aliphatic rings. The minimum Gasteiger partial charge on any atom is -0.346 e. The summed E-state index contributed by atoms with van der Waals surface area (Å²) >= 11 is 0. The van der Waals surface area contributed by atoms with Crippen molar-refractivity contribution in [3.8, 4) is 5.69 Å². The van der Waals surface area contributed by atoms with Gasteiger partial charge in [-0.05, 0) is 47.5 Å². The number of carbonyl (C=O) groups is 1. The third-order valence-corrected chi connectivity index (χ3v) is 4.44. The van der Waals surface area contributed by atoms with Crippen LogP contribution in [0.4, 0.5) is 0 Å². The van der Waals surface area contributed by atoms with E-state index in [1.807, 2.05) is 73.7 Å². The third kappa shape index (κ3) is 3.19. The van der Waals surface area contributed by atoms with E-state index in [4.69, 9.17) is 0 Å². The molecule has 4 aromatic rings. The van der Waals surface area contributed by atoms with Gasteiger partial charge in [-0.25, -0.2) is 9.67 Å². The van der Waals surface area contributed by atoms with Gasteiger partial charge in [-0.2, -0.15) is 5.10 Å². The SMILES string of the molecule is C[C@H](NC(=O)c1ccc2ccccc2c1)c1ccc(-n2cncn2)cc1. The van der Waals surface area contributed by atoms with E-state index in [-0.39, 0.29) is 11.9 Å². The lowest BCUT2D eigenvalue weighted by Crippen LogP contribution is -2.26. The highest BCUT2D eigenvalue weighted by molar-refractivity contribution is 5.98. The number of amides is 1. The van der Waals surface area contributed by atoms with E-state index in [0.717, 1.165) is 22.0 Å². The van der Waals surface area contributed by atoms with Crippen molar-refractivity contribution >= 4 is 16.7 Å². The van der Waals surface area contributed by atoms with Crippen molar-refractivity contribution in [1.82, 2.24) is 20.1 Å². The molecular weight excluding hydrogens is 324 g/mol. The molecule has 1 amide bonds. The first-order valence-corrected chi connectivity index (χ1v) is 8.45. The molecule has 0 saturated heterocycles. The van der Waals surface area contributed by atoms with Crippen molar-refractivity contribution < 1.29 is 4.79 Å². The minimum absolute atomic E-state index is 0.0800. The van der Waals surface area contributed by atoms with E-state index in [1.54, 1.807) is 11.0 Å². The molecule has 3 aromatic carbocycles. The first-order chi connectivity index (χ1) is 12.7. The van der Waals surface area contributed by atoms with Crippen molar-refractivity contribution in [2.45, 2.75) is 13.0 Å². The summed E-state index contributed by atoms with van der Waals surface area (Å²) < 4.78 is 1.70. The molecule has 1 aromatic heterocycles. The van der Waals surface area contributed by atoms with E-state index in [1.165, 1.54) is 6.33 Å². The average molecular weight is 342 g/mol. The molecule has 0 saturated carbocycles. The van der Waals surface area contributed by atoms with Crippen LogP contribution in [0.5, 0.6) is 0 Å². The zero-order valence-corrected chi connectivity index (χ0v) is 14.3. The van der Waals surface area contributed by atoms with Gasteiger partial charge >= 0.3 is 0 Å². The third-order valence-electron chi connectivity index (χ3n) is 4.44. The van der Waals surface area contributed by atoms with Crippen molar-refractivity contribution in [2.24, 2.45) is 0 Å². The first-order valence-electron chi connectivity index (χ1n) is 8.45. The summed E-state index contributed by atoms with van der Waals surface area (Å²) in [6, 6.07) is 21.6. The van der Waals surface area contributed by atoms with Gasteiger partial charge in [-0.3, -0.25) is 4.79 Å². The van der Waals surface area contributed by atoms with Crippen LogP contribution in [-0.2, 0) is 0 Å². The molecule has 1 atom stereocenters. The zero-order chi connectivity index (χ0) is 17.9. The average Bonchev–Trinajstić information content (AvgIpc) is 3.22. The summed E-state index contributed by atoms with van der Waals surface area (Å²) in [5, 5.41) is 9.35. The molecule has 5 heteroatoms. The number of hydrogen-bond acceptors (Lipinski definition) is 3. The summed E-state index contributed by atoms with van der Waals surface area (Å²) in [5.41, 5.74) is 2.62. The number of nitrogens with one attached hydrogen (secondary N) is 1. The first kappa shape index (κ1) is 16.0. The quantitative estimate of drug-likeness (QED) is 0.612. The van der Waals surface area contributed by atoms with E-state index >= 15 is 0 Å². The number of nitrogens with zero attached hydrogens (tertiary/aromatic N) is 3. The molecule has 0 unspecified atom stereocenters. The Bertz CT molecular complexity index is 1040. The number of benzene rings is 3. The van der Waals surface area contributed by atoms with E-state index in [2.05, 4.69) is 15.4 Å². The smallest absolute Gasteiger partial charge is 0.251 e. The van der Waals surface area contributed by atoms with Gasteiger partial charge in [-0.1, -0.05) is 42.5 Å². The van der Waals surface area contributed by atoms with Gasteiger partial charge in [0.1, 0.15) is 12.7 Å². The number of carbonyl (C=O) groups excluding carboxylic acids is 1. The minimum atomic E-state index is -0.0984. The van der Waals surface area contributed by atoms with Gasteiger partial charge in [0.2, 0.25) is 0 Å². The molecule has 0 bridgehead atoms. The standard InChI is InChI=1S/C21H18N4O/c1-15(16-8-10-20(11-9-16)25-14-22-13-23-25)24-21(26)19-7-6-17-4-2-3-5-18(17)12-19/h2-15H,1H3,(H,24,26)/t15-/m0/s1. The Morgan fingerprint density at radius 2 is 1.77 bits per heavy atom. The molecule has 0 radical (unpaired) electrons. The van der Waals surface area contributed by atoms with E-state index in [0.29, 0.717) is 5.56 Å². The number of aromatic nitrogens is 3. The van der Waals surface area contributed by atoms with Crippen LogP contribution in [0.15, 0.2) is 79.4 Å². The number of fused-ring (bicyclic) bond motifs is 1.